The van der Waals surface area contributed by atoms with Crippen molar-refractivity contribution in [3.63, 3.8) is 0 Å². The number of esters is 1. The van der Waals surface area contributed by atoms with E-state index in [1.54, 1.807) is 42.5 Å². The molecule has 0 atom stereocenters. The van der Waals surface area contributed by atoms with Gasteiger partial charge in [0.2, 0.25) is 0 Å². The van der Waals surface area contributed by atoms with Gasteiger partial charge in [0.25, 0.3) is 11.8 Å². The highest BCUT2D eigenvalue weighted by Crippen LogP contribution is 2.29. The number of hydrazone groups is 1. The summed E-state index contributed by atoms with van der Waals surface area (Å²) >= 11 is 6.14. The Balaban J connectivity index is 1.46. The molecule has 0 aliphatic heterocycles. The summed E-state index contributed by atoms with van der Waals surface area (Å²) in [4.78, 5) is 37.6. The van der Waals surface area contributed by atoms with E-state index in [1.807, 2.05) is 30.3 Å². The lowest BCUT2D eigenvalue weighted by Crippen LogP contribution is -2.34. The van der Waals surface area contributed by atoms with Gasteiger partial charge in [-0.1, -0.05) is 54.1 Å². The van der Waals surface area contributed by atoms with Crippen molar-refractivity contribution in [3.8, 4) is 17.2 Å². The highest BCUT2D eigenvalue weighted by molar-refractivity contribution is 6.33. The van der Waals surface area contributed by atoms with Gasteiger partial charge >= 0.3 is 5.97 Å². The number of halogens is 1. The van der Waals surface area contributed by atoms with Gasteiger partial charge in [-0.05, 0) is 47.2 Å². The molecule has 0 unspecified atom stereocenters. The van der Waals surface area contributed by atoms with Gasteiger partial charge in [-0.2, -0.15) is 5.10 Å². The van der Waals surface area contributed by atoms with Crippen LogP contribution in [0.2, 0.25) is 5.02 Å². The summed E-state index contributed by atoms with van der Waals surface area (Å²) < 4.78 is 16.0. The van der Waals surface area contributed by atoms with Crippen LogP contribution in [0.5, 0.6) is 17.2 Å². The molecule has 0 aliphatic rings. The molecule has 4 aromatic carbocycles. The maximum Gasteiger partial charge on any atom is 0.345 e. The Morgan fingerprint density at radius 2 is 1.59 bits per heavy atom. The van der Waals surface area contributed by atoms with Crippen LogP contribution in [-0.4, -0.2) is 44.8 Å². The fourth-order valence-electron chi connectivity index (χ4n) is 3.73. The van der Waals surface area contributed by atoms with Crippen LogP contribution >= 0.6 is 11.6 Å². The lowest BCUT2D eigenvalue weighted by atomic mass is 10.0. The Morgan fingerprint density at radius 1 is 0.872 bits per heavy atom. The normalized spacial score (nSPS) is 10.7. The lowest BCUT2D eigenvalue weighted by Gasteiger charge is -2.11. The maximum atomic E-state index is 12.8. The number of carbonyl (C=O) groups is 3. The van der Waals surface area contributed by atoms with Gasteiger partial charge in [0.1, 0.15) is 5.75 Å². The summed E-state index contributed by atoms with van der Waals surface area (Å²) in [6.45, 7) is -0.325. The Kier molecular flexibility index (Phi) is 8.75. The summed E-state index contributed by atoms with van der Waals surface area (Å²) in [5.74, 6) is -0.564. The van der Waals surface area contributed by atoms with Gasteiger partial charge < -0.3 is 19.5 Å². The van der Waals surface area contributed by atoms with Crippen LogP contribution in [0.15, 0.2) is 84.0 Å². The molecule has 0 saturated heterocycles. The molecular weight excluding hydrogens is 522 g/mol. The second-order valence-electron chi connectivity index (χ2n) is 8.11. The summed E-state index contributed by atoms with van der Waals surface area (Å²) in [5.41, 5.74) is 3.36. The fourth-order valence-corrected chi connectivity index (χ4v) is 3.94. The molecule has 10 heteroatoms. The van der Waals surface area contributed by atoms with Crippen molar-refractivity contribution in [3.05, 3.63) is 101 Å². The molecule has 2 amide bonds. The van der Waals surface area contributed by atoms with E-state index in [2.05, 4.69) is 15.8 Å². The number of hydrogen-bond donors (Lipinski definition) is 2. The molecule has 0 aliphatic carbocycles. The van der Waals surface area contributed by atoms with Crippen LogP contribution in [0.4, 0.5) is 0 Å². The second kappa shape index (κ2) is 12.6. The maximum absolute atomic E-state index is 12.8. The van der Waals surface area contributed by atoms with E-state index < -0.39 is 17.8 Å². The van der Waals surface area contributed by atoms with E-state index in [0.717, 1.165) is 10.8 Å². The second-order valence-corrected chi connectivity index (χ2v) is 8.52. The third-order valence-corrected chi connectivity index (χ3v) is 5.99. The van der Waals surface area contributed by atoms with E-state index >= 15 is 0 Å². The van der Waals surface area contributed by atoms with E-state index in [9.17, 15) is 14.4 Å². The number of nitrogens with one attached hydrogen (secondary N) is 2. The summed E-state index contributed by atoms with van der Waals surface area (Å²) in [6, 6.07) is 22.1. The molecule has 0 spiro atoms. The smallest absolute Gasteiger partial charge is 0.345 e. The molecule has 9 nitrogen and oxygen atoms in total. The molecule has 4 rings (SSSR count). The Hall–Kier alpha value is -4.89. The highest BCUT2D eigenvalue weighted by Gasteiger charge is 2.16. The van der Waals surface area contributed by atoms with Gasteiger partial charge in [-0.15, -0.1) is 0 Å². The first-order valence-corrected chi connectivity index (χ1v) is 12.1. The number of rotatable bonds is 9. The zero-order valence-electron chi connectivity index (χ0n) is 21.1. The average molecular weight is 546 g/mol. The van der Waals surface area contributed by atoms with Gasteiger partial charge in [0.05, 0.1) is 37.6 Å². The number of hydrogen-bond acceptors (Lipinski definition) is 7. The van der Waals surface area contributed by atoms with Crippen LogP contribution in [0, 0.1) is 0 Å². The number of methoxy groups -OCH3 is 2. The monoisotopic (exact) mass is 545 g/mol. The van der Waals surface area contributed by atoms with Crippen LogP contribution in [0.3, 0.4) is 0 Å². The van der Waals surface area contributed by atoms with Crippen LogP contribution < -0.4 is 25.0 Å². The average Bonchev–Trinajstić information content (AvgIpc) is 2.96. The summed E-state index contributed by atoms with van der Waals surface area (Å²) in [5, 5.41) is 8.44. The predicted molar refractivity (Wildman–Crippen MR) is 148 cm³/mol. The van der Waals surface area contributed by atoms with Crippen molar-refractivity contribution in [2.75, 3.05) is 20.8 Å². The number of carbonyl (C=O) groups excluding carboxylic acids is 3. The molecule has 4 aromatic rings. The minimum atomic E-state index is -0.632. The molecule has 2 N–H and O–H groups in total. The van der Waals surface area contributed by atoms with Crippen LogP contribution in [0.1, 0.15) is 26.3 Å². The van der Waals surface area contributed by atoms with Crippen LogP contribution in [0.25, 0.3) is 10.8 Å². The standard InChI is InChI=1S/C29H24ClN3O6/c1-37-25-14-12-19(15-26(25)38-2)28(35)31-17-27(34)33-32-16-22-20-8-4-3-7-18(20)11-13-24(22)39-29(36)21-9-5-6-10-23(21)30/h3-16H,17H2,1-2H3,(H,31,35)(H,33,34)/b32-16+. The van der Waals surface area contributed by atoms with Gasteiger partial charge in [-0.25, -0.2) is 10.2 Å². The van der Waals surface area contributed by atoms with E-state index in [4.69, 9.17) is 25.8 Å². The van der Waals surface area contributed by atoms with Crippen molar-refractivity contribution >= 4 is 46.4 Å². The predicted octanol–water partition coefficient (Wildman–Crippen LogP) is 4.61. The molecule has 0 fully saturated rings. The third kappa shape index (κ3) is 6.52. The topological polar surface area (TPSA) is 115 Å². The van der Waals surface area contributed by atoms with Crippen molar-refractivity contribution in [1.82, 2.24) is 10.7 Å². The fraction of sp³-hybridized carbons (Fsp3) is 0.103. The SMILES string of the molecule is COc1ccc(C(=O)NCC(=O)N/N=C/c2c(OC(=O)c3ccccc3Cl)ccc3ccccc23)cc1OC. The van der Waals surface area contributed by atoms with Crippen molar-refractivity contribution in [1.29, 1.82) is 0 Å². The zero-order chi connectivity index (χ0) is 27.8. The van der Waals surface area contributed by atoms with E-state index in [-0.39, 0.29) is 22.9 Å². The largest absolute Gasteiger partial charge is 0.493 e. The number of nitrogens with zero attached hydrogens (tertiary/aromatic N) is 1. The van der Waals surface area contributed by atoms with Gasteiger partial charge in [0, 0.05) is 11.1 Å². The molecular formula is C29H24ClN3O6. The molecule has 198 valence electrons. The van der Waals surface area contributed by atoms with Gasteiger partial charge in [0.15, 0.2) is 11.5 Å². The number of amides is 2. The molecule has 0 bridgehead atoms. The Labute approximate surface area is 229 Å². The van der Waals surface area contributed by atoms with Crippen molar-refractivity contribution in [2.24, 2.45) is 5.10 Å². The number of ether oxygens (including phenoxy) is 3. The van der Waals surface area contributed by atoms with E-state index in [0.29, 0.717) is 22.6 Å². The Morgan fingerprint density at radius 3 is 2.36 bits per heavy atom. The number of benzene rings is 4. The first-order valence-electron chi connectivity index (χ1n) is 11.7. The lowest BCUT2D eigenvalue weighted by molar-refractivity contribution is -0.120. The summed E-state index contributed by atoms with van der Waals surface area (Å²) in [7, 11) is 2.96. The molecule has 39 heavy (non-hydrogen) atoms. The quantitative estimate of drug-likeness (QED) is 0.137. The summed E-state index contributed by atoms with van der Waals surface area (Å²) in [6.07, 6.45) is 1.38. The molecule has 0 aromatic heterocycles. The first kappa shape index (κ1) is 27.2. The van der Waals surface area contributed by atoms with Gasteiger partial charge in [-0.3, -0.25) is 9.59 Å². The zero-order valence-corrected chi connectivity index (χ0v) is 21.8. The number of fused-ring (bicyclic) bond motifs is 1. The third-order valence-electron chi connectivity index (χ3n) is 5.67. The molecule has 0 saturated carbocycles. The Bertz CT molecular complexity index is 1570. The van der Waals surface area contributed by atoms with Crippen molar-refractivity contribution < 1.29 is 28.6 Å². The highest BCUT2D eigenvalue weighted by atomic mass is 35.5. The van der Waals surface area contributed by atoms with Crippen molar-refractivity contribution in [2.45, 2.75) is 0 Å². The minimum absolute atomic E-state index is 0.216. The first-order chi connectivity index (χ1) is 18.9. The van der Waals surface area contributed by atoms with E-state index in [1.165, 1.54) is 26.5 Å². The molecule has 0 heterocycles. The minimum Gasteiger partial charge on any atom is -0.493 e. The van der Waals surface area contributed by atoms with Crippen LogP contribution in [-0.2, 0) is 4.79 Å². The molecule has 0 radical (unpaired) electrons.